The second-order valence-electron chi connectivity index (χ2n) is 4.59. The van der Waals surface area contributed by atoms with Crippen LogP contribution in [-0.4, -0.2) is 19.7 Å². The summed E-state index contributed by atoms with van der Waals surface area (Å²) in [6, 6.07) is 12.8. The van der Waals surface area contributed by atoms with Gasteiger partial charge in [0.05, 0.1) is 10.6 Å². The summed E-state index contributed by atoms with van der Waals surface area (Å²) in [5, 5.41) is 18.0. The molecule has 7 nitrogen and oxygen atoms in total. The molecule has 0 amide bonds. The van der Waals surface area contributed by atoms with Crippen molar-refractivity contribution in [1.29, 1.82) is 0 Å². The van der Waals surface area contributed by atoms with Crippen molar-refractivity contribution < 1.29 is 4.92 Å². The molecule has 0 saturated carbocycles. The van der Waals surface area contributed by atoms with E-state index in [-0.39, 0.29) is 5.69 Å². The van der Waals surface area contributed by atoms with Crippen LogP contribution in [0, 0.1) is 10.1 Å². The maximum atomic E-state index is 10.6. The third-order valence-electron chi connectivity index (χ3n) is 3.16. The molecule has 0 saturated heterocycles. The van der Waals surface area contributed by atoms with Gasteiger partial charge in [-0.25, -0.2) is 9.67 Å². The lowest BCUT2D eigenvalue weighted by Gasteiger charge is -2.10. The number of anilines is 1. The molecule has 3 aromatic rings. The lowest BCUT2D eigenvalue weighted by Crippen LogP contribution is -2.06. The third-order valence-corrected chi connectivity index (χ3v) is 3.16. The Morgan fingerprint density at radius 2 is 2.05 bits per heavy atom. The molecule has 1 N–H and O–H groups in total. The highest BCUT2D eigenvalue weighted by molar-refractivity contribution is 5.45. The van der Waals surface area contributed by atoms with Gasteiger partial charge in [-0.05, 0) is 23.8 Å². The van der Waals surface area contributed by atoms with Gasteiger partial charge < -0.3 is 5.32 Å². The van der Waals surface area contributed by atoms with Gasteiger partial charge >= 0.3 is 0 Å². The predicted molar refractivity (Wildman–Crippen MR) is 81.8 cm³/mol. The molecule has 0 unspecified atom stereocenters. The van der Waals surface area contributed by atoms with Gasteiger partial charge in [0.25, 0.3) is 5.69 Å². The van der Waals surface area contributed by atoms with Gasteiger partial charge in [-0.1, -0.05) is 18.2 Å². The molecule has 3 rings (SSSR count). The van der Waals surface area contributed by atoms with Gasteiger partial charge in [-0.3, -0.25) is 10.1 Å². The minimum Gasteiger partial charge on any atom is -0.366 e. The van der Waals surface area contributed by atoms with E-state index in [0.29, 0.717) is 12.4 Å². The molecule has 2 heterocycles. The van der Waals surface area contributed by atoms with Gasteiger partial charge in [-0.2, -0.15) is 5.10 Å². The quantitative estimate of drug-likeness (QED) is 0.578. The molecule has 0 atom stereocenters. The van der Waals surface area contributed by atoms with Crippen molar-refractivity contribution in [2.75, 3.05) is 5.32 Å². The van der Waals surface area contributed by atoms with E-state index in [9.17, 15) is 10.1 Å². The summed E-state index contributed by atoms with van der Waals surface area (Å²) in [5.41, 5.74) is 2.00. The van der Waals surface area contributed by atoms with Crippen molar-refractivity contribution in [3.8, 4) is 5.69 Å². The van der Waals surface area contributed by atoms with E-state index in [1.165, 1.54) is 12.3 Å². The molecule has 0 fully saturated rings. The van der Waals surface area contributed by atoms with E-state index in [2.05, 4.69) is 15.4 Å². The first-order valence-electron chi connectivity index (χ1n) is 6.66. The standard InChI is InChI=1S/C15H13N5O2/c21-20(22)13-6-7-15(17-11-13)16-10-12-4-1-2-5-14(12)19-9-3-8-18-19/h1-9,11H,10H2,(H,16,17). The smallest absolute Gasteiger partial charge is 0.287 e. The largest absolute Gasteiger partial charge is 0.366 e. The summed E-state index contributed by atoms with van der Waals surface area (Å²) in [6.07, 6.45) is 4.84. The van der Waals surface area contributed by atoms with Crippen molar-refractivity contribution in [2.24, 2.45) is 0 Å². The van der Waals surface area contributed by atoms with Gasteiger partial charge in [-0.15, -0.1) is 0 Å². The fourth-order valence-corrected chi connectivity index (χ4v) is 2.08. The molecule has 2 aromatic heterocycles. The number of hydrogen-bond donors (Lipinski definition) is 1. The molecule has 1 aromatic carbocycles. The van der Waals surface area contributed by atoms with Gasteiger partial charge in [0.15, 0.2) is 0 Å². The molecule has 7 heteroatoms. The molecule has 0 aliphatic carbocycles. The lowest BCUT2D eigenvalue weighted by atomic mass is 10.2. The number of aromatic nitrogens is 3. The minimum absolute atomic E-state index is 0.0255. The molecule has 110 valence electrons. The third kappa shape index (κ3) is 2.93. The van der Waals surface area contributed by atoms with Crippen LogP contribution in [0.25, 0.3) is 5.69 Å². The second-order valence-corrected chi connectivity index (χ2v) is 4.59. The normalized spacial score (nSPS) is 10.4. The van der Waals surface area contributed by atoms with Crippen LogP contribution in [0.4, 0.5) is 11.5 Å². The van der Waals surface area contributed by atoms with Crippen molar-refractivity contribution in [2.45, 2.75) is 6.54 Å². The van der Waals surface area contributed by atoms with E-state index in [4.69, 9.17) is 0 Å². The molecule has 0 bridgehead atoms. The number of pyridine rings is 1. The topological polar surface area (TPSA) is 85.9 Å². The highest BCUT2D eigenvalue weighted by Crippen LogP contribution is 2.16. The van der Waals surface area contributed by atoms with Crippen molar-refractivity contribution >= 4 is 11.5 Å². The summed E-state index contributed by atoms with van der Waals surface area (Å²) in [7, 11) is 0. The Morgan fingerprint density at radius 1 is 1.18 bits per heavy atom. The Labute approximate surface area is 126 Å². The van der Waals surface area contributed by atoms with Crippen molar-refractivity contribution in [1.82, 2.24) is 14.8 Å². The number of nitrogens with one attached hydrogen (secondary N) is 1. The highest BCUT2D eigenvalue weighted by atomic mass is 16.6. The van der Waals surface area contributed by atoms with Crippen LogP contribution in [0.2, 0.25) is 0 Å². The zero-order valence-corrected chi connectivity index (χ0v) is 11.6. The zero-order chi connectivity index (χ0) is 15.4. The Kier molecular flexibility index (Phi) is 3.78. The second kappa shape index (κ2) is 6.04. The Bertz CT molecular complexity index is 769. The summed E-state index contributed by atoms with van der Waals surface area (Å²) in [5.74, 6) is 0.584. The van der Waals surface area contributed by atoms with Crippen LogP contribution in [0.1, 0.15) is 5.56 Å². The number of rotatable bonds is 5. The van der Waals surface area contributed by atoms with Gasteiger partial charge in [0.1, 0.15) is 12.0 Å². The molecule has 22 heavy (non-hydrogen) atoms. The number of hydrogen-bond acceptors (Lipinski definition) is 5. The Hall–Kier alpha value is -3.22. The number of nitro groups is 1. The van der Waals surface area contributed by atoms with E-state index in [0.717, 1.165) is 11.3 Å². The molecular formula is C15H13N5O2. The first kappa shape index (κ1) is 13.7. The predicted octanol–water partition coefficient (Wildman–Crippen LogP) is 2.79. The van der Waals surface area contributed by atoms with Crippen LogP contribution in [0.15, 0.2) is 61.1 Å². The van der Waals surface area contributed by atoms with E-state index >= 15 is 0 Å². The number of nitrogens with zero attached hydrogens (tertiary/aromatic N) is 4. The highest BCUT2D eigenvalue weighted by Gasteiger charge is 2.07. The van der Waals surface area contributed by atoms with Crippen LogP contribution in [-0.2, 0) is 6.54 Å². The summed E-state index contributed by atoms with van der Waals surface area (Å²) >= 11 is 0. The maximum Gasteiger partial charge on any atom is 0.287 e. The monoisotopic (exact) mass is 295 g/mol. The van der Waals surface area contributed by atoms with E-state index in [1.54, 1.807) is 16.9 Å². The minimum atomic E-state index is -0.468. The van der Waals surface area contributed by atoms with Crippen LogP contribution in [0.5, 0.6) is 0 Å². The number of benzene rings is 1. The number of para-hydroxylation sites is 1. The fourth-order valence-electron chi connectivity index (χ4n) is 2.08. The average molecular weight is 295 g/mol. The van der Waals surface area contributed by atoms with Crippen LogP contribution < -0.4 is 5.32 Å². The lowest BCUT2D eigenvalue weighted by molar-refractivity contribution is -0.385. The molecule has 0 aliphatic heterocycles. The maximum absolute atomic E-state index is 10.6. The zero-order valence-electron chi connectivity index (χ0n) is 11.6. The van der Waals surface area contributed by atoms with Crippen molar-refractivity contribution in [3.05, 3.63) is 76.7 Å². The van der Waals surface area contributed by atoms with E-state index < -0.39 is 4.92 Å². The van der Waals surface area contributed by atoms with Crippen LogP contribution in [0.3, 0.4) is 0 Å². The van der Waals surface area contributed by atoms with Gasteiger partial charge in [0, 0.05) is 25.0 Å². The Balaban J connectivity index is 1.76. The average Bonchev–Trinajstić information content (AvgIpc) is 3.08. The first-order valence-corrected chi connectivity index (χ1v) is 6.66. The summed E-state index contributed by atoms with van der Waals surface area (Å²) < 4.78 is 1.79. The Morgan fingerprint density at radius 3 is 2.73 bits per heavy atom. The van der Waals surface area contributed by atoms with Gasteiger partial charge in [0.2, 0.25) is 0 Å². The summed E-state index contributed by atoms with van der Waals surface area (Å²) in [4.78, 5) is 14.2. The fraction of sp³-hybridized carbons (Fsp3) is 0.0667. The SMILES string of the molecule is O=[N+]([O-])c1ccc(NCc2ccccc2-n2cccn2)nc1. The van der Waals surface area contributed by atoms with Crippen LogP contribution >= 0.6 is 0 Å². The molecule has 0 spiro atoms. The van der Waals surface area contributed by atoms with E-state index in [1.807, 2.05) is 36.5 Å². The molecular weight excluding hydrogens is 282 g/mol. The molecule has 0 aliphatic rings. The van der Waals surface area contributed by atoms with Crippen molar-refractivity contribution in [3.63, 3.8) is 0 Å². The first-order chi connectivity index (χ1) is 10.7. The molecule has 0 radical (unpaired) electrons. The summed E-state index contributed by atoms with van der Waals surface area (Å²) in [6.45, 7) is 0.543.